The quantitative estimate of drug-likeness (QED) is 0.413. The lowest BCUT2D eigenvalue weighted by molar-refractivity contribution is -0.123. The standard InChI is InChI=1S/C24H28N6O5/c1-33-17-10-12(30-6-8-34-9-7-30)2-3-13(17)23-28-21-19(14(31)11-26-24(21)29-23)27-20-16-5-4-15(35-16)18(20)22(25)32/h2-3,10-11,15-16,18,20,31H,4-9H2,1H3,(H2,25,32)(H2,26,27,28,29). The molecule has 11 heteroatoms. The Morgan fingerprint density at radius 3 is 2.86 bits per heavy atom. The number of anilines is 2. The highest BCUT2D eigenvalue weighted by molar-refractivity contribution is 5.92. The highest BCUT2D eigenvalue weighted by atomic mass is 16.5. The Kier molecular flexibility index (Phi) is 5.37. The molecule has 3 saturated heterocycles. The summed E-state index contributed by atoms with van der Waals surface area (Å²) in [7, 11) is 1.63. The molecule has 4 unspecified atom stereocenters. The van der Waals surface area contributed by atoms with E-state index in [1.165, 1.54) is 6.20 Å². The van der Waals surface area contributed by atoms with E-state index in [1.54, 1.807) is 7.11 Å². The van der Waals surface area contributed by atoms with Crippen molar-refractivity contribution in [2.24, 2.45) is 11.7 Å². The van der Waals surface area contributed by atoms with E-state index in [0.717, 1.165) is 37.2 Å². The van der Waals surface area contributed by atoms with Crippen LogP contribution < -0.4 is 20.7 Å². The van der Waals surface area contributed by atoms with Gasteiger partial charge in [0.15, 0.2) is 11.4 Å². The average Bonchev–Trinajstić information content (AvgIpc) is 3.60. The van der Waals surface area contributed by atoms with E-state index >= 15 is 0 Å². The number of carbonyl (C=O) groups excluding carboxylic acids is 1. The second-order valence-electron chi connectivity index (χ2n) is 9.18. The van der Waals surface area contributed by atoms with E-state index in [-0.39, 0.29) is 24.0 Å². The van der Waals surface area contributed by atoms with Crippen molar-refractivity contribution in [3.8, 4) is 22.9 Å². The topological polar surface area (TPSA) is 148 Å². The number of aromatic amines is 1. The third-order valence-electron chi connectivity index (χ3n) is 7.23. The summed E-state index contributed by atoms with van der Waals surface area (Å²) in [6.45, 7) is 3.04. The maximum Gasteiger partial charge on any atom is 0.225 e. The second kappa shape index (κ2) is 8.58. The van der Waals surface area contributed by atoms with Gasteiger partial charge in [-0.15, -0.1) is 0 Å². The number of morpholine rings is 1. The summed E-state index contributed by atoms with van der Waals surface area (Å²) in [5.41, 5.74) is 8.89. The number of imidazole rings is 1. The van der Waals surface area contributed by atoms with Gasteiger partial charge in [-0.3, -0.25) is 4.79 Å². The molecule has 0 spiro atoms. The summed E-state index contributed by atoms with van der Waals surface area (Å²) in [4.78, 5) is 26.6. The largest absolute Gasteiger partial charge is 0.504 e. The number of benzene rings is 1. The number of pyridine rings is 1. The number of carbonyl (C=O) groups is 1. The van der Waals surface area contributed by atoms with Crippen LogP contribution in [0.15, 0.2) is 24.4 Å². The Balaban J connectivity index is 1.35. The van der Waals surface area contributed by atoms with E-state index in [4.69, 9.17) is 19.9 Å². The molecule has 5 heterocycles. The zero-order chi connectivity index (χ0) is 24.1. The van der Waals surface area contributed by atoms with E-state index in [2.05, 4.69) is 25.2 Å². The van der Waals surface area contributed by atoms with Crippen molar-refractivity contribution in [3.05, 3.63) is 24.4 Å². The van der Waals surface area contributed by atoms with Crippen LogP contribution >= 0.6 is 0 Å². The Hall–Kier alpha value is -3.57. The van der Waals surface area contributed by atoms with Gasteiger partial charge in [-0.25, -0.2) is 9.97 Å². The predicted molar refractivity (Wildman–Crippen MR) is 129 cm³/mol. The summed E-state index contributed by atoms with van der Waals surface area (Å²) in [5.74, 6) is 0.305. The van der Waals surface area contributed by atoms with Crippen LogP contribution in [0.25, 0.3) is 22.6 Å². The molecule has 2 aromatic heterocycles. The molecular formula is C24H28N6O5. The molecule has 184 valence electrons. The smallest absolute Gasteiger partial charge is 0.225 e. The lowest BCUT2D eigenvalue weighted by atomic mass is 9.84. The molecule has 2 bridgehead atoms. The van der Waals surface area contributed by atoms with Crippen molar-refractivity contribution in [1.29, 1.82) is 0 Å². The molecule has 1 amide bonds. The summed E-state index contributed by atoms with van der Waals surface area (Å²) >= 11 is 0. The number of nitrogens with zero attached hydrogens (tertiary/aromatic N) is 3. The number of nitrogens with one attached hydrogen (secondary N) is 2. The third kappa shape index (κ3) is 3.71. The fourth-order valence-electron chi connectivity index (χ4n) is 5.50. The molecule has 3 aliphatic rings. The van der Waals surface area contributed by atoms with Crippen molar-refractivity contribution < 1.29 is 24.1 Å². The minimum Gasteiger partial charge on any atom is -0.504 e. The number of aromatic hydroxyl groups is 1. The van der Waals surface area contributed by atoms with Crippen molar-refractivity contribution in [1.82, 2.24) is 15.0 Å². The van der Waals surface area contributed by atoms with Crippen LogP contribution in [0, 0.1) is 5.92 Å². The normalized spacial score (nSPS) is 25.8. The molecule has 3 fully saturated rings. The summed E-state index contributed by atoms with van der Waals surface area (Å²) in [6.07, 6.45) is 2.66. The van der Waals surface area contributed by atoms with Gasteiger partial charge in [0, 0.05) is 24.8 Å². The van der Waals surface area contributed by atoms with Crippen molar-refractivity contribution in [2.45, 2.75) is 31.1 Å². The number of rotatable bonds is 6. The molecule has 11 nitrogen and oxygen atoms in total. The molecular weight excluding hydrogens is 452 g/mol. The SMILES string of the molecule is COc1cc(N2CCOCC2)ccc1-c1nc2ncc(O)c(NC3C4CCC(O4)C3C(N)=O)c2[nH]1. The van der Waals surface area contributed by atoms with E-state index < -0.39 is 11.8 Å². The van der Waals surface area contributed by atoms with Crippen LogP contribution in [-0.2, 0) is 14.3 Å². The number of primary amides is 1. The number of methoxy groups -OCH3 is 1. The Morgan fingerprint density at radius 1 is 1.29 bits per heavy atom. The Morgan fingerprint density at radius 2 is 2.09 bits per heavy atom. The van der Waals surface area contributed by atoms with Gasteiger partial charge in [-0.2, -0.15) is 0 Å². The number of hydrogen-bond donors (Lipinski definition) is 4. The molecule has 0 aliphatic carbocycles. The van der Waals surface area contributed by atoms with Crippen LogP contribution in [0.3, 0.4) is 0 Å². The number of amides is 1. The molecule has 3 aromatic rings. The van der Waals surface area contributed by atoms with Gasteiger partial charge in [0.2, 0.25) is 5.91 Å². The van der Waals surface area contributed by atoms with E-state index in [1.807, 2.05) is 18.2 Å². The van der Waals surface area contributed by atoms with Crippen LogP contribution in [0.2, 0.25) is 0 Å². The summed E-state index contributed by atoms with van der Waals surface area (Å²) < 4.78 is 17.1. The molecule has 4 atom stereocenters. The van der Waals surface area contributed by atoms with Crippen LogP contribution in [-0.4, -0.2) is 77.6 Å². The van der Waals surface area contributed by atoms with Crippen molar-refractivity contribution in [2.75, 3.05) is 43.6 Å². The van der Waals surface area contributed by atoms with Gasteiger partial charge < -0.3 is 40.3 Å². The first kappa shape index (κ1) is 21.9. The van der Waals surface area contributed by atoms with E-state index in [9.17, 15) is 9.90 Å². The first-order chi connectivity index (χ1) is 17.0. The number of nitrogens with two attached hydrogens (primary N) is 1. The van der Waals surface area contributed by atoms with Crippen LogP contribution in [0.5, 0.6) is 11.5 Å². The molecule has 35 heavy (non-hydrogen) atoms. The lowest BCUT2D eigenvalue weighted by Crippen LogP contribution is -2.45. The first-order valence-electron chi connectivity index (χ1n) is 11.8. The van der Waals surface area contributed by atoms with E-state index in [0.29, 0.717) is 41.6 Å². The molecule has 3 aliphatic heterocycles. The minimum atomic E-state index is -0.466. The third-order valence-corrected chi connectivity index (χ3v) is 7.23. The first-order valence-corrected chi connectivity index (χ1v) is 11.8. The van der Waals surface area contributed by atoms with Gasteiger partial charge in [0.25, 0.3) is 0 Å². The summed E-state index contributed by atoms with van der Waals surface area (Å²) in [6, 6.07) is 5.64. The van der Waals surface area contributed by atoms with Gasteiger partial charge in [0.05, 0.1) is 56.3 Å². The average molecular weight is 481 g/mol. The Labute approximate surface area is 201 Å². The van der Waals surface area contributed by atoms with Crippen LogP contribution in [0.1, 0.15) is 12.8 Å². The predicted octanol–water partition coefficient (Wildman–Crippen LogP) is 1.62. The maximum absolute atomic E-state index is 12.1. The number of aromatic nitrogens is 3. The zero-order valence-electron chi connectivity index (χ0n) is 19.4. The fraction of sp³-hybridized carbons (Fsp3) is 0.458. The van der Waals surface area contributed by atoms with Gasteiger partial charge in [0.1, 0.15) is 22.8 Å². The fourth-order valence-corrected chi connectivity index (χ4v) is 5.50. The molecule has 0 radical (unpaired) electrons. The second-order valence-corrected chi connectivity index (χ2v) is 9.18. The summed E-state index contributed by atoms with van der Waals surface area (Å²) in [5, 5.41) is 14.0. The van der Waals surface area contributed by atoms with Gasteiger partial charge in [-0.1, -0.05) is 0 Å². The number of ether oxygens (including phenoxy) is 3. The minimum absolute atomic E-state index is 0.0478. The molecule has 1 aromatic carbocycles. The van der Waals surface area contributed by atoms with Crippen molar-refractivity contribution in [3.63, 3.8) is 0 Å². The maximum atomic E-state index is 12.1. The van der Waals surface area contributed by atoms with Gasteiger partial charge >= 0.3 is 0 Å². The molecule has 6 rings (SSSR count). The van der Waals surface area contributed by atoms with Crippen molar-refractivity contribution >= 4 is 28.4 Å². The highest BCUT2D eigenvalue weighted by Crippen LogP contribution is 2.43. The number of hydrogen-bond acceptors (Lipinski definition) is 9. The zero-order valence-corrected chi connectivity index (χ0v) is 19.4. The van der Waals surface area contributed by atoms with Gasteiger partial charge in [-0.05, 0) is 25.0 Å². The van der Waals surface area contributed by atoms with Crippen LogP contribution in [0.4, 0.5) is 11.4 Å². The Bertz CT molecular complexity index is 1270. The highest BCUT2D eigenvalue weighted by Gasteiger charge is 2.52. The number of H-pyrrole nitrogens is 1. The molecule has 5 N–H and O–H groups in total. The molecule has 0 saturated carbocycles. The monoisotopic (exact) mass is 480 g/mol. The lowest BCUT2D eigenvalue weighted by Gasteiger charge is -2.29. The number of fused-ring (bicyclic) bond motifs is 3.